The Labute approximate surface area is 129 Å². The van der Waals surface area contributed by atoms with E-state index in [4.69, 9.17) is 9.47 Å². The van der Waals surface area contributed by atoms with Gasteiger partial charge in [0, 0.05) is 24.0 Å². The topological polar surface area (TPSA) is 24.9 Å². The molecule has 21 heavy (non-hydrogen) atoms. The van der Waals surface area contributed by atoms with Gasteiger partial charge in [-0.25, -0.2) is 0 Å². The minimum Gasteiger partial charge on any atom is -0.351 e. The summed E-state index contributed by atoms with van der Waals surface area (Å²) in [6, 6.07) is 1.83. The Balaban J connectivity index is 1.56. The van der Waals surface area contributed by atoms with E-state index in [9.17, 15) is 0 Å². The van der Waals surface area contributed by atoms with E-state index < -0.39 is 0 Å². The van der Waals surface area contributed by atoms with Gasteiger partial charge in [-0.1, -0.05) is 0 Å². The lowest BCUT2D eigenvalue weighted by Crippen LogP contribution is -2.45. The highest BCUT2D eigenvalue weighted by Gasteiger charge is 2.65. The van der Waals surface area contributed by atoms with Crippen LogP contribution in [0.5, 0.6) is 0 Å². The van der Waals surface area contributed by atoms with Crippen LogP contribution in [-0.4, -0.2) is 67.1 Å². The van der Waals surface area contributed by atoms with Crippen LogP contribution in [0.3, 0.4) is 0 Å². The number of rotatable bonds is 3. The predicted molar refractivity (Wildman–Crippen MR) is 84.3 cm³/mol. The SMILES string of the molecule is C[C@@H]1C[C@@]2(CC3OCC(N(C)C)CO3)C[C@H]2N1C(C)(C)C. The zero-order chi connectivity index (χ0) is 15.4. The molecule has 2 saturated heterocycles. The lowest BCUT2D eigenvalue weighted by Gasteiger charge is -2.37. The molecule has 0 aromatic heterocycles. The molecule has 3 atom stereocenters. The number of hydrogen-bond acceptors (Lipinski definition) is 4. The Kier molecular flexibility index (Phi) is 3.89. The van der Waals surface area contributed by atoms with Crippen molar-refractivity contribution in [1.82, 2.24) is 9.80 Å². The summed E-state index contributed by atoms with van der Waals surface area (Å²) in [7, 11) is 4.18. The third-order valence-corrected chi connectivity index (χ3v) is 5.69. The second kappa shape index (κ2) is 5.19. The lowest BCUT2D eigenvalue weighted by molar-refractivity contribution is -0.209. The molecule has 2 heterocycles. The van der Waals surface area contributed by atoms with Crippen LogP contribution >= 0.6 is 0 Å². The quantitative estimate of drug-likeness (QED) is 0.798. The predicted octanol–water partition coefficient (Wildman–Crippen LogP) is 2.33. The van der Waals surface area contributed by atoms with Gasteiger partial charge in [0.05, 0.1) is 19.3 Å². The lowest BCUT2D eigenvalue weighted by atomic mass is 9.95. The van der Waals surface area contributed by atoms with Crippen molar-refractivity contribution < 1.29 is 9.47 Å². The Bertz CT molecular complexity index is 385. The molecule has 1 saturated carbocycles. The maximum absolute atomic E-state index is 5.98. The Morgan fingerprint density at radius 3 is 2.24 bits per heavy atom. The number of piperidine rings is 1. The first-order chi connectivity index (χ1) is 9.73. The zero-order valence-electron chi connectivity index (χ0n) is 14.6. The van der Waals surface area contributed by atoms with Gasteiger partial charge >= 0.3 is 0 Å². The molecule has 0 N–H and O–H groups in total. The molecule has 0 amide bonds. The van der Waals surface area contributed by atoms with Crippen LogP contribution in [0.1, 0.15) is 47.0 Å². The van der Waals surface area contributed by atoms with Gasteiger partial charge in [0.2, 0.25) is 0 Å². The van der Waals surface area contributed by atoms with Crippen LogP contribution in [0.25, 0.3) is 0 Å². The summed E-state index contributed by atoms with van der Waals surface area (Å²) in [4.78, 5) is 4.91. The first-order valence-corrected chi connectivity index (χ1v) is 8.41. The molecule has 4 nitrogen and oxygen atoms in total. The molecule has 3 fully saturated rings. The van der Waals surface area contributed by atoms with E-state index in [-0.39, 0.29) is 11.8 Å². The summed E-state index contributed by atoms with van der Waals surface area (Å²) in [6.45, 7) is 11.0. The smallest absolute Gasteiger partial charge is 0.158 e. The maximum atomic E-state index is 5.98. The normalized spacial score (nSPS) is 44.1. The van der Waals surface area contributed by atoms with Gasteiger partial charge in [0.25, 0.3) is 0 Å². The van der Waals surface area contributed by atoms with E-state index in [1.54, 1.807) is 0 Å². The molecule has 0 aromatic rings. The van der Waals surface area contributed by atoms with E-state index >= 15 is 0 Å². The van der Waals surface area contributed by atoms with Crippen molar-refractivity contribution >= 4 is 0 Å². The molecule has 2 aliphatic heterocycles. The summed E-state index contributed by atoms with van der Waals surface area (Å²) in [5, 5.41) is 0. The summed E-state index contributed by atoms with van der Waals surface area (Å²) in [5.74, 6) is 0. The van der Waals surface area contributed by atoms with Crippen molar-refractivity contribution in [3.63, 3.8) is 0 Å². The first-order valence-electron chi connectivity index (χ1n) is 8.41. The molecule has 0 spiro atoms. The third-order valence-electron chi connectivity index (χ3n) is 5.69. The molecule has 4 heteroatoms. The van der Waals surface area contributed by atoms with Crippen molar-refractivity contribution in [3.05, 3.63) is 0 Å². The first kappa shape index (κ1) is 15.7. The van der Waals surface area contributed by atoms with Crippen LogP contribution in [0.2, 0.25) is 0 Å². The van der Waals surface area contributed by atoms with E-state index in [1.807, 2.05) is 0 Å². The van der Waals surface area contributed by atoms with Crippen LogP contribution in [0, 0.1) is 5.41 Å². The van der Waals surface area contributed by atoms with Gasteiger partial charge in [-0.05, 0) is 60.0 Å². The summed E-state index contributed by atoms with van der Waals surface area (Å²) >= 11 is 0. The molecule has 0 aromatic carbocycles. The van der Waals surface area contributed by atoms with Crippen molar-refractivity contribution in [2.24, 2.45) is 5.41 Å². The molecule has 3 rings (SSSR count). The molecular formula is C17H32N2O2. The number of likely N-dealkylation sites (tertiary alicyclic amines) is 1. The van der Waals surface area contributed by atoms with Crippen molar-refractivity contribution in [2.45, 2.75) is 76.9 Å². The number of likely N-dealkylation sites (N-methyl/N-ethyl adjacent to an activating group) is 1. The van der Waals surface area contributed by atoms with Crippen molar-refractivity contribution in [3.8, 4) is 0 Å². The van der Waals surface area contributed by atoms with E-state index in [1.165, 1.54) is 12.8 Å². The number of nitrogens with zero attached hydrogens (tertiary/aromatic N) is 2. The highest BCUT2D eigenvalue weighted by molar-refractivity contribution is 5.18. The minimum absolute atomic E-state index is 0.0123. The van der Waals surface area contributed by atoms with E-state index in [0.717, 1.165) is 25.7 Å². The standard InChI is InChI=1S/C17H32N2O2/c1-12-7-17(8-14(17)19(12)16(2,3)4)9-15-20-10-13(11-21-15)18(5)6/h12-15H,7-11H2,1-6H3/t12-,13?,14-,15?,17+/m1/s1. The number of ether oxygens (including phenoxy) is 2. The van der Waals surface area contributed by atoms with Gasteiger partial charge < -0.3 is 14.4 Å². The average molecular weight is 296 g/mol. The highest BCUT2D eigenvalue weighted by Crippen LogP contribution is 2.63. The second-order valence-electron chi connectivity index (χ2n) is 8.63. The Hall–Kier alpha value is -0.160. The molecular weight excluding hydrogens is 264 g/mol. The second-order valence-corrected chi connectivity index (χ2v) is 8.63. The van der Waals surface area contributed by atoms with Crippen molar-refractivity contribution in [1.29, 1.82) is 0 Å². The number of fused-ring (bicyclic) bond motifs is 1. The molecule has 1 aliphatic carbocycles. The van der Waals surface area contributed by atoms with Crippen LogP contribution < -0.4 is 0 Å². The minimum atomic E-state index is 0.0123. The highest BCUT2D eigenvalue weighted by atomic mass is 16.7. The van der Waals surface area contributed by atoms with Gasteiger partial charge in [-0.3, -0.25) is 4.90 Å². The van der Waals surface area contributed by atoms with Gasteiger partial charge in [-0.15, -0.1) is 0 Å². The summed E-state index contributed by atoms with van der Waals surface area (Å²) < 4.78 is 12.0. The fourth-order valence-corrected chi connectivity index (χ4v) is 4.65. The summed E-state index contributed by atoms with van der Waals surface area (Å²) in [5.41, 5.74) is 0.731. The monoisotopic (exact) mass is 296 g/mol. The van der Waals surface area contributed by atoms with Gasteiger partial charge in [-0.2, -0.15) is 0 Å². The Morgan fingerprint density at radius 2 is 1.76 bits per heavy atom. The van der Waals surface area contributed by atoms with Crippen LogP contribution in [0.4, 0.5) is 0 Å². The fourth-order valence-electron chi connectivity index (χ4n) is 4.65. The molecule has 0 radical (unpaired) electrons. The molecule has 0 bridgehead atoms. The average Bonchev–Trinajstić information content (AvgIpc) is 2.92. The maximum Gasteiger partial charge on any atom is 0.158 e. The summed E-state index contributed by atoms with van der Waals surface area (Å²) in [6.07, 6.45) is 3.72. The molecule has 122 valence electrons. The third kappa shape index (κ3) is 2.88. The molecule has 0 unspecified atom stereocenters. The van der Waals surface area contributed by atoms with Crippen LogP contribution in [-0.2, 0) is 9.47 Å². The number of hydrogen-bond donors (Lipinski definition) is 0. The van der Waals surface area contributed by atoms with E-state index in [2.05, 4.69) is 51.6 Å². The zero-order valence-corrected chi connectivity index (χ0v) is 14.6. The Morgan fingerprint density at radius 1 is 1.14 bits per heavy atom. The van der Waals surface area contributed by atoms with Crippen molar-refractivity contribution in [2.75, 3.05) is 27.3 Å². The van der Waals surface area contributed by atoms with E-state index in [0.29, 0.717) is 17.5 Å². The largest absolute Gasteiger partial charge is 0.351 e. The van der Waals surface area contributed by atoms with Gasteiger partial charge in [0.1, 0.15) is 0 Å². The molecule has 3 aliphatic rings. The van der Waals surface area contributed by atoms with Gasteiger partial charge in [0.15, 0.2) is 6.29 Å². The fraction of sp³-hybridized carbons (Fsp3) is 1.00. The van der Waals surface area contributed by atoms with Crippen LogP contribution in [0.15, 0.2) is 0 Å².